The Morgan fingerprint density at radius 1 is 1.06 bits per heavy atom. The van der Waals surface area contributed by atoms with E-state index in [9.17, 15) is 19.7 Å². The molecule has 0 fully saturated rings. The molecule has 0 bridgehead atoms. The fraction of sp³-hybridized carbons (Fsp3) is 0.125. The van der Waals surface area contributed by atoms with Crippen LogP contribution >= 0.6 is 0 Å². The molecule has 8 heteroatoms. The van der Waals surface area contributed by atoms with Gasteiger partial charge >= 0.3 is 0 Å². The zero-order valence-electron chi connectivity index (χ0n) is 16.9. The number of hydrogen-bond donors (Lipinski definition) is 1. The standard InChI is InChI=1S/C24H18N4O4/c29-22(27-12-11-16-9-10-18(28(31)32)14-21(16)27)13-15-5-7-17(8-6-15)23-19-3-1-2-4-20(19)24(30)26-25-23/h1-10,14H,11-13H2,(H,26,30). The first-order chi connectivity index (χ1) is 15.5. The Kier molecular flexibility index (Phi) is 4.74. The molecule has 0 saturated carbocycles. The monoisotopic (exact) mass is 426 g/mol. The SMILES string of the molecule is O=C(Cc1ccc(-c2n[nH]c(=O)c3ccccc23)cc1)N1CCc2ccc([N+](=O)[O-])cc21. The molecule has 5 rings (SSSR count). The molecule has 2 heterocycles. The normalized spacial score (nSPS) is 12.7. The first-order valence-corrected chi connectivity index (χ1v) is 10.2. The van der Waals surface area contributed by atoms with Gasteiger partial charge in [0.25, 0.3) is 11.2 Å². The van der Waals surface area contributed by atoms with Crippen molar-refractivity contribution in [1.29, 1.82) is 0 Å². The molecule has 0 atom stereocenters. The number of carbonyl (C=O) groups excluding carboxylic acids is 1. The summed E-state index contributed by atoms with van der Waals surface area (Å²) in [5.74, 6) is -0.107. The summed E-state index contributed by atoms with van der Waals surface area (Å²) < 4.78 is 0. The van der Waals surface area contributed by atoms with Crippen LogP contribution in [0.4, 0.5) is 11.4 Å². The van der Waals surface area contributed by atoms with Gasteiger partial charge in [-0.2, -0.15) is 5.10 Å². The Balaban J connectivity index is 1.39. The maximum atomic E-state index is 12.9. The molecular weight excluding hydrogens is 408 g/mol. The summed E-state index contributed by atoms with van der Waals surface area (Å²) in [5, 5.41) is 19.2. The van der Waals surface area contributed by atoms with E-state index in [2.05, 4.69) is 10.2 Å². The summed E-state index contributed by atoms with van der Waals surface area (Å²) in [5.41, 5.74) is 3.62. The second kappa shape index (κ2) is 7.73. The van der Waals surface area contributed by atoms with Crippen LogP contribution in [0.2, 0.25) is 0 Å². The lowest BCUT2D eigenvalue weighted by molar-refractivity contribution is -0.384. The van der Waals surface area contributed by atoms with Crippen molar-refractivity contribution in [2.45, 2.75) is 12.8 Å². The van der Waals surface area contributed by atoms with Crippen LogP contribution in [-0.4, -0.2) is 27.6 Å². The molecule has 0 unspecified atom stereocenters. The molecule has 158 valence electrons. The van der Waals surface area contributed by atoms with Crippen molar-refractivity contribution in [3.63, 3.8) is 0 Å². The van der Waals surface area contributed by atoms with Gasteiger partial charge in [-0.05, 0) is 23.6 Å². The van der Waals surface area contributed by atoms with E-state index < -0.39 is 4.92 Å². The lowest BCUT2D eigenvalue weighted by atomic mass is 10.0. The molecule has 0 aliphatic carbocycles. The number of fused-ring (bicyclic) bond motifs is 2. The molecule has 3 aromatic carbocycles. The van der Waals surface area contributed by atoms with E-state index in [-0.39, 0.29) is 23.6 Å². The Labute approximate surface area is 182 Å². The lowest BCUT2D eigenvalue weighted by Crippen LogP contribution is -2.30. The number of carbonyl (C=O) groups is 1. The van der Waals surface area contributed by atoms with Gasteiger partial charge in [-0.15, -0.1) is 0 Å². The highest BCUT2D eigenvalue weighted by Crippen LogP contribution is 2.32. The first-order valence-electron chi connectivity index (χ1n) is 10.2. The van der Waals surface area contributed by atoms with Gasteiger partial charge in [0.15, 0.2) is 0 Å². The number of amides is 1. The Bertz CT molecular complexity index is 1430. The van der Waals surface area contributed by atoms with E-state index in [1.54, 1.807) is 23.1 Å². The number of aromatic nitrogens is 2. The number of rotatable bonds is 4. The average molecular weight is 426 g/mol. The van der Waals surface area contributed by atoms with E-state index in [1.165, 1.54) is 12.1 Å². The van der Waals surface area contributed by atoms with Crippen molar-refractivity contribution in [2.75, 3.05) is 11.4 Å². The average Bonchev–Trinajstić information content (AvgIpc) is 3.24. The number of benzene rings is 3. The van der Waals surface area contributed by atoms with Gasteiger partial charge in [-0.1, -0.05) is 48.5 Å². The van der Waals surface area contributed by atoms with Crippen LogP contribution in [0.5, 0.6) is 0 Å². The molecule has 1 amide bonds. The predicted octanol–water partition coefficient (Wildman–Crippen LogP) is 3.63. The van der Waals surface area contributed by atoms with E-state index in [0.29, 0.717) is 29.7 Å². The van der Waals surface area contributed by atoms with Gasteiger partial charge in [0.2, 0.25) is 5.91 Å². The predicted molar refractivity (Wildman–Crippen MR) is 121 cm³/mol. The van der Waals surface area contributed by atoms with Crippen molar-refractivity contribution >= 4 is 28.1 Å². The lowest BCUT2D eigenvalue weighted by Gasteiger charge is -2.17. The first kappa shape index (κ1) is 19.6. The number of non-ortho nitro benzene ring substituents is 1. The number of aromatic amines is 1. The van der Waals surface area contributed by atoms with E-state index in [1.807, 2.05) is 36.4 Å². The second-order valence-corrected chi connectivity index (χ2v) is 7.69. The second-order valence-electron chi connectivity index (χ2n) is 7.69. The highest BCUT2D eigenvalue weighted by Gasteiger charge is 2.26. The van der Waals surface area contributed by atoms with Gasteiger partial charge in [0.05, 0.1) is 28.1 Å². The van der Waals surface area contributed by atoms with Crippen LogP contribution in [0.1, 0.15) is 11.1 Å². The number of anilines is 1. The van der Waals surface area contributed by atoms with Gasteiger partial charge in [0, 0.05) is 29.6 Å². The van der Waals surface area contributed by atoms with Crippen molar-refractivity contribution in [3.05, 3.63) is 98.3 Å². The van der Waals surface area contributed by atoms with Gasteiger partial charge < -0.3 is 4.90 Å². The Morgan fingerprint density at radius 3 is 2.56 bits per heavy atom. The minimum Gasteiger partial charge on any atom is -0.311 e. The molecule has 0 spiro atoms. The molecule has 32 heavy (non-hydrogen) atoms. The summed E-state index contributed by atoms with van der Waals surface area (Å²) in [7, 11) is 0. The van der Waals surface area contributed by atoms with Crippen LogP contribution in [-0.2, 0) is 17.6 Å². The fourth-order valence-electron chi connectivity index (χ4n) is 4.13. The van der Waals surface area contributed by atoms with Crippen molar-refractivity contribution in [2.24, 2.45) is 0 Å². The number of nitro benzene ring substituents is 1. The maximum absolute atomic E-state index is 12.9. The maximum Gasteiger partial charge on any atom is 0.272 e. The molecule has 8 nitrogen and oxygen atoms in total. The van der Waals surface area contributed by atoms with Crippen molar-refractivity contribution in [3.8, 4) is 11.3 Å². The number of H-pyrrole nitrogens is 1. The zero-order chi connectivity index (χ0) is 22.2. The number of hydrogen-bond acceptors (Lipinski definition) is 5. The molecule has 1 N–H and O–H groups in total. The minimum absolute atomic E-state index is 0.0200. The number of nitro groups is 1. The van der Waals surface area contributed by atoms with E-state index in [4.69, 9.17) is 0 Å². The largest absolute Gasteiger partial charge is 0.311 e. The Hall–Kier alpha value is -4.33. The minimum atomic E-state index is -0.450. The van der Waals surface area contributed by atoms with Gasteiger partial charge in [-0.25, -0.2) is 5.10 Å². The summed E-state index contributed by atoms with van der Waals surface area (Å²) in [4.78, 5) is 37.2. The topological polar surface area (TPSA) is 109 Å². The molecular formula is C24H18N4O4. The molecule has 0 radical (unpaired) electrons. The van der Waals surface area contributed by atoms with Gasteiger partial charge in [0.1, 0.15) is 0 Å². The Morgan fingerprint density at radius 2 is 1.81 bits per heavy atom. The highest BCUT2D eigenvalue weighted by atomic mass is 16.6. The van der Waals surface area contributed by atoms with Crippen LogP contribution in [0, 0.1) is 10.1 Å². The molecule has 1 aromatic heterocycles. The van der Waals surface area contributed by atoms with Crippen molar-refractivity contribution in [1.82, 2.24) is 10.2 Å². The summed E-state index contributed by atoms with van der Waals surface area (Å²) in [6.45, 7) is 0.515. The van der Waals surface area contributed by atoms with Crippen LogP contribution in [0.25, 0.3) is 22.0 Å². The number of nitrogens with one attached hydrogen (secondary N) is 1. The molecule has 4 aromatic rings. The highest BCUT2D eigenvalue weighted by molar-refractivity contribution is 5.97. The zero-order valence-corrected chi connectivity index (χ0v) is 16.9. The van der Waals surface area contributed by atoms with Gasteiger partial charge in [-0.3, -0.25) is 19.7 Å². The molecule has 1 aliphatic heterocycles. The summed E-state index contributed by atoms with van der Waals surface area (Å²) in [6, 6.07) is 19.4. The molecule has 1 aliphatic rings. The van der Waals surface area contributed by atoms with Crippen LogP contribution in [0.15, 0.2) is 71.5 Å². The fourth-order valence-corrected chi connectivity index (χ4v) is 4.13. The summed E-state index contributed by atoms with van der Waals surface area (Å²) >= 11 is 0. The smallest absolute Gasteiger partial charge is 0.272 e. The number of nitrogens with zero attached hydrogens (tertiary/aromatic N) is 3. The van der Waals surface area contributed by atoms with Crippen molar-refractivity contribution < 1.29 is 9.72 Å². The quantitative estimate of drug-likeness (QED) is 0.396. The van der Waals surface area contributed by atoms with Crippen LogP contribution < -0.4 is 10.5 Å². The van der Waals surface area contributed by atoms with Crippen LogP contribution in [0.3, 0.4) is 0 Å². The van der Waals surface area contributed by atoms with E-state index >= 15 is 0 Å². The summed E-state index contributed by atoms with van der Waals surface area (Å²) in [6.07, 6.45) is 0.866. The third-order valence-electron chi connectivity index (χ3n) is 5.76. The molecule has 0 saturated heterocycles. The van der Waals surface area contributed by atoms with E-state index in [0.717, 1.165) is 22.1 Å². The third kappa shape index (κ3) is 3.41. The third-order valence-corrected chi connectivity index (χ3v) is 5.76.